The Morgan fingerprint density at radius 3 is 1.65 bits per heavy atom. The molecule has 0 aliphatic carbocycles. The molecule has 3 amide bonds. The zero-order valence-electron chi connectivity index (χ0n) is 15.8. The summed E-state index contributed by atoms with van der Waals surface area (Å²) in [5, 5.41) is 5.23. The summed E-state index contributed by atoms with van der Waals surface area (Å²) in [5.41, 5.74) is 5.37. The van der Waals surface area contributed by atoms with E-state index in [-0.39, 0.29) is 51.2 Å². The largest absolute Gasteiger partial charge is 0.448 e. The van der Waals surface area contributed by atoms with Crippen LogP contribution >= 0.6 is 12.4 Å². The topological polar surface area (TPSA) is 123 Å². The number of nitrogens with two attached hydrogens (primary N) is 1. The van der Waals surface area contributed by atoms with E-state index in [0.717, 1.165) is 25.7 Å². The van der Waals surface area contributed by atoms with Gasteiger partial charge in [0.1, 0.15) is 13.2 Å². The highest BCUT2D eigenvalue weighted by Gasteiger charge is 2.13. The van der Waals surface area contributed by atoms with Crippen LogP contribution in [0.2, 0.25) is 0 Å². The van der Waals surface area contributed by atoms with Gasteiger partial charge in [-0.05, 0) is 12.8 Å². The molecule has 0 saturated heterocycles. The second-order valence-electron chi connectivity index (χ2n) is 5.42. The number of alkyl carbamates (subject to hydrolysis) is 2. The summed E-state index contributed by atoms with van der Waals surface area (Å²) in [4.78, 5) is 36.0. The van der Waals surface area contributed by atoms with Crippen molar-refractivity contribution in [1.29, 1.82) is 0 Å². The number of unbranched alkanes of at least 4 members (excludes halogenated alkanes) is 2. The molecular weight excluding hydrogens is 364 g/mol. The normalized spacial score (nSPS) is 9.65. The van der Waals surface area contributed by atoms with Crippen molar-refractivity contribution in [3.63, 3.8) is 0 Å². The maximum Gasteiger partial charge on any atom is 0.407 e. The summed E-state index contributed by atoms with van der Waals surface area (Å²) < 4.78 is 10.0. The van der Waals surface area contributed by atoms with Gasteiger partial charge in [0.25, 0.3) is 0 Å². The number of amides is 3. The van der Waals surface area contributed by atoms with Crippen molar-refractivity contribution in [2.75, 3.05) is 45.9 Å². The van der Waals surface area contributed by atoms with Gasteiger partial charge in [-0.15, -0.1) is 12.4 Å². The first-order valence-corrected chi connectivity index (χ1v) is 8.84. The lowest BCUT2D eigenvalue weighted by atomic mass is 10.3. The van der Waals surface area contributed by atoms with Crippen LogP contribution in [0.5, 0.6) is 0 Å². The first kappa shape index (κ1) is 26.5. The highest BCUT2D eigenvalue weighted by Crippen LogP contribution is 1.93. The second kappa shape index (κ2) is 18.1. The molecule has 26 heavy (non-hydrogen) atoms. The third kappa shape index (κ3) is 14.6. The zero-order chi connectivity index (χ0) is 18.9. The lowest BCUT2D eigenvalue weighted by Crippen LogP contribution is -2.41. The highest BCUT2D eigenvalue weighted by molar-refractivity contribution is 5.85. The number of rotatable bonds is 13. The van der Waals surface area contributed by atoms with Crippen LogP contribution in [0.3, 0.4) is 0 Å². The van der Waals surface area contributed by atoms with E-state index >= 15 is 0 Å². The molecule has 0 aliphatic heterocycles. The van der Waals surface area contributed by atoms with Crippen molar-refractivity contribution in [2.24, 2.45) is 5.73 Å². The van der Waals surface area contributed by atoms with Crippen LogP contribution in [0, 0.1) is 0 Å². The van der Waals surface area contributed by atoms with Crippen molar-refractivity contribution in [3.05, 3.63) is 0 Å². The minimum atomic E-state index is -0.514. The fourth-order valence-electron chi connectivity index (χ4n) is 1.82. The molecule has 9 nitrogen and oxygen atoms in total. The van der Waals surface area contributed by atoms with Crippen molar-refractivity contribution in [3.8, 4) is 0 Å². The molecule has 0 saturated carbocycles. The predicted molar refractivity (Wildman–Crippen MR) is 101 cm³/mol. The van der Waals surface area contributed by atoms with Crippen molar-refractivity contribution >= 4 is 30.5 Å². The standard InChI is InChI=1S/C16H32N4O5.ClH/c1-3-5-7-18-15(22)24-11-9-20(14(21)13-17)10-12-25-16(23)19-8-6-4-2;/h3-13,17H2,1-2H3,(H,18,22)(H,19,23);1H. The molecule has 0 aromatic rings. The fraction of sp³-hybridized carbons (Fsp3) is 0.812. The number of carbonyl (C=O) groups is 3. The van der Waals surface area contributed by atoms with Crippen LogP contribution in [0.4, 0.5) is 9.59 Å². The maximum atomic E-state index is 11.8. The third-order valence-corrected chi connectivity index (χ3v) is 3.32. The molecule has 0 rings (SSSR count). The van der Waals surface area contributed by atoms with Gasteiger partial charge in [-0.2, -0.15) is 0 Å². The summed E-state index contributed by atoms with van der Waals surface area (Å²) in [7, 11) is 0. The molecule has 10 heteroatoms. The molecule has 0 atom stereocenters. The predicted octanol–water partition coefficient (Wildman–Crippen LogP) is 1.25. The number of hydrogen-bond acceptors (Lipinski definition) is 6. The Balaban J connectivity index is 0. The molecule has 0 fully saturated rings. The van der Waals surface area contributed by atoms with Gasteiger partial charge in [0.2, 0.25) is 5.91 Å². The molecule has 4 N–H and O–H groups in total. The van der Waals surface area contributed by atoms with E-state index in [9.17, 15) is 14.4 Å². The van der Waals surface area contributed by atoms with Crippen LogP contribution in [-0.2, 0) is 14.3 Å². The van der Waals surface area contributed by atoms with Crippen LogP contribution < -0.4 is 16.4 Å². The van der Waals surface area contributed by atoms with Crippen molar-refractivity contribution in [1.82, 2.24) is 15.5 Å². The van der Waals surface area contributed by atoms with Crippen molar-refractivity contribution < 1.29 is 23.9 Å². The summed E-state index contributed by atoms with van der Waals surface area (Å²) in [6.07, 6.45) is 2.69. The lowest BCUT2D eigenvalue weighted by molar-refractivity contribution is -0.130. The average molecular weight is 397 g/mol. The smallest absolute Gasteiger partial charge is 0.407 e. The van der Waals surface area contributed by atoms with Crippen molar-refractivity contribution in [2.45, 2.75) is 39.5 Å². The van der Waals surface area contributed by atoms with E-state index in [1.54, 1.807) is 0 Å². The molecule has 0 aromatic carbocycles. The summed E-state index contributed by atoms with van der Waals surface area (Å²) in [6, 6.07) is 0. The molecular formula is C16H33ClN4O5. The SMILES string of the molecule is CCCCNC(=O)OCCN(CCOC(=O)NCCCC)C(=O)CN.Cl. The van der Waals surface area contributed by atoms with Gasteiger partial charge < -0.3 is 30.7 Å². The van der Waals surface area contributed by atoms with Crippen LogP contribution in [0.1, 0.15) is 39.5 Å². The minimum absolute atomic E-state index is 0. The quantitative estimate of drug-likeness (QED) is 0.402. The molecule has 0 unspecified atom stereocenters. The van der Waals surface area contributed by atoms with Crippen LogP contribution in [0.25, 0.3) is 0 Å². The van der Waals surface area contributed by atoms with Gasteiger partial charge in [0.15, 0.2) is 0 Å². The first-order valence-electron chi connectivity index (χ1n) is 8.84. The van der Waals surface area contributed by atoms with E-state index in [1.165, 1.54) is 4.90 Å². The Kier molecular flexibility index (Phi) is 18.4. The van der Waals surface area contributed by atoms with Gasteiger partial charge in [0.05, 0.1) is 19.6 Å². The maximum absolute atomic E-state index is 11.8. The average Bonchev–Trinajstić information content (AvgIpc) is 2.60. The lowest BCUT2D eigenvalue weighted by Gasteiger charge is -2.21. The molecule has 0 bridgehead atoms. The molecule has 0 aliphatic rings. The van der Waals surface area contributed by atoms with E-state index in [0.29, 0.717) is 13.1 Å². The second-order valence-corrected chi connectivity index (χ2v) is 5.42. The summed E-state index contributed by atoms with van der Waals surface area (Å²) >= 11 is 0. The molecule has 0 spiro atoms. The Morgan fingerprint density at radius 2 is 1.31 bits per heavy atom. The molecule has 0 aromatic heterocycles. The minimum Gasteiger partial charge on any atom is -0.448 e. The number of nitrogens with zero attached hydrogens (tertiary/aromatic N) is 1. The Labute approximate surface area is 161 Å². The number of hydrogen-bond donors (Lipinski definition) is 3. The first-order chi connectivity index (χ1) is 12.0. The highest BCUT2D eigenvalue weighted by atomic mass is 35.5. The molecule has 154 valence electrons. The van der Waals surface area contributed by atoms with Gasteiger partial charge >= 0.3 is 12.2 Å². The van der Waals surface area contributed by atoms with Crippen LogP contribution in [0.15, 0.2) is 0 Å². The number of nitrogens with one attached hydrogen (secondary N) is 2. The van der Waals surface area contributed by atoms with Gasteiger partial charge in [0, 0.05) is 13.1 Å². The Morgan fingerprint density at radius 1 is 0.885 bits per heavy atom. The molecule has 0 radical (unpaired) electrons. The number of halogens is 1. The monoisotopic (exact) mass is 396 g/mol. The van der Waals surface area contributed by atoms with Gasteiger partial charge in [-0.25, -0.2) is 9.59 Å². The summed E-state index contributed by atoms with van der Waals surface area (Å²) in [6.45, 7) is 5.48. The summed E-state index contributed by atoms with van der Waals surface area (Å²) in [5.74, 6) is -0.301. The van der Waals surface area contributed by atoms with E-state index in [1.807, 2.05) is 13.8 Å². The Hall–Kier alpha value is -1.74. The fourth-order valence-corrected chi connectivity index (χ4v) is 1.82. The van der Waals surface area contributed by atoms with Gasteiger partial charge in [-0.1, -0.05) is 26.7 Å². The zero-order valence-corrected chi connectivity index (χ0v) is 16.6. The van der Waals surface area contributed by atoms with E-state index in [4.69, 9.17) is 15.2 Å². The molecule has 0 heterocycles. The van der Waals surface area contributed by atoms with Crippen LogP contribution in [-0.4, -0.2) is 68.9 Å². The number of ether oxygens (including phenoxy) is 2. The van der Waals surface area contributed by atoms with E-state index < -0.39 is 12.2 Å². The van der Waals surface area contributed by atoms with Gasteiger partial charge in [-0.3, -0.25) is 4.79 Å². The number of carbonyl (C=O) groups excluding carboxylic acids is 3. The third-order valence-electron chi connectivity index (χ3n) is 3.32. The Bertz CT molecular complexity index is 371. The van der Waals surface area contributed by atoms with E-state index in [2.05, 4.69) is 10.6 Å².